The van der Waals surface area contributed by atoms with Gasteiger partial charge in [-0.15, -0.1) is 0 Å². The van der Waals surface area contributed by atoms with Gasteiger partial charge in [-0.25, -0.2) is 4.39 Å². The number of pyridine rings is 2. The van der Waals surface area contributed by atoms with Crippen molar-refractivity contribution in [3.8, 4) is 0 Å². The quantitative estimate of drug-likeness (QED) is 0.638. The summed E-state index contributed by atoms with van der Waals surface area (Å²) in [5.41, 5.74) is 4.72. The van der Waals surface area contributed by atoms with E-state index in [0.717, 1.165) is 28.1 Å². The average Bonchev–Trinajstić information content (AvgIpc) is 3.11. The molecule has 3 heterocycles. The third kappa shape index (κ3) is 4.44. The summed E-state index contributed by atoms with van der Waals surface area (Å²) in [7, 11) is 0. The van der Waals surface area contributed by atoms with Crippen molar-refractivity contribution in [2.45, 2.75) is 19.1 Å². The molecular weight excluding hydrogens is 445 g/mol. The number of nitrogens with zero attached hydrogens (tertiary/aromatic N) is 3. The molecular formula is C25H23ClFN3O3. The zero-order chi connectivity index (χ0) is 22.9. The summed E-state index contributed by atoms with van der Waals surface area (Å²) < 4.78 is 21.2. The minimum atomic E-state index is -0.548. The van der Waals surface area contributed by atoms with Gasteiger partial charge in [0.25, 0.3) is 5.56 Å². The molecule has 2 aromatic heterocycles. The summed E-state index contributed by atoms with van der Waals surface area (Å²) in [6.07, 6.45) is 5.71. The lowest BCUT2D eigenvalue weighted by atomic mass is 10.0. The third-order valence-corrected chi connectivity index (χ3v) is 6.33. The van der Waals surface area contributed by atoms with E-state index in [4.69, 9.17) is 16.3 Å². The molecule has 1 saturated heterocycles. The van der Waals surface area contributed by atoms with Crippen LogP contribution in [0.5, 0.6) is 0 Å². The molecule has 0 spiro atoms. The molecule has 170 valence electrons. The van der Waals surface area contributed by atoms with Crippen LogP contribution in [0.25, 0.3) is 5.57 Å². The van der Waals surface area contributed by atoms with Crippen molar-refractivity contribution in [2.24, 2.45) is 0 Å². The Labute approximate surface area is 195 Å². The maximum Gasteiger partial charge on any atom is 0.251 e. The molecule has 0 bridgehead atoms. The highest BCUT2D eigenvalue weighted by Gasteiger charge is 2.22. The van der Waals surface area contributed by atoms with Crippen molar-refractivity contribution in [3.05, 3.63) is 98.4 Å². The Morgan fingerprint density at radius 3 is 3.00 bits per heavy atom. The molecule has 1 fully saturated rings. The molecule has 1 aliphatic carbocycles. The van der Waals surface area contributed by atoms with Crippen molar-refractivity contribution in [2.75, 3.05) is 31.2 Å². The topological polar surface area (TPSA) is 67.6 Å². The number of halogens is 2. The first-order valence-corrected chi connectivity index (χ1v) is 11.2. The fourth-order valence-electron chi connectivity index (χ4n) is 4.32. The fourth-order valence-corrected chi connectivity index (χ4v) is 4.51. The van der Waals surface area contributed by atoms with Crippen molar-refractivity contribution >= 4 is 22.9 Å². The van der Waals surface area contributed by atoms with Crippen LogP contribution in [0.4, 0.5) is 10.1 Å². The van der Waals surface area contributed by atoms with E-state index in [1.54, 1.807) is 24.4 Å². The van der Waals surface area contributed by atoms with E-state index in [2.05, 4.69) is 22.0 Å². The Morgan fingerprint density at radius 2 is 2.15 bits per heavy atom. The van der Waals surface area contributed by atoms with Gasteiger partial charge in [-0.1, -0.05) is 29.8 Å². The Morgan fingerprint density at radius 1 is 1.27 bits per heavy atom. The predicted molar refractivity (Wildman–Crippen MR) is 125 cm³/mol. The first kappa shape index (κ1) is 21.8. The van der Waals surface area contributed by atoms with Gasteiger partial charge in [-0.2, -0.15) is 0 Å². The smallest absolute Gasteiger partial charge is 0.251 e. The predicted octanol–water partition coefficient (Wildman–Crippen LogP) is 3.27. The number of hydrogen-bond acceptors (Lipinski definition) is 5. The number of anilines is 1. The van der Waals surface area contributed by atoms with Crippen LogP contribution < -0.4 is 10.5 Å². The highest BCUT2D eigenvalue weighted by atomic mass is 35.5. The lowest BCUT2D eigenvalue weighted by Gasteiger charge is -2.24. The third-order valence-electron chi connectivity index (χ3n) is 6.04. The average molecular weight is 468 g/mol. The monoisotopic (exact) mass is 467 g/mol. The second-order valence-electron chi connectivity index (χ2n) is 8.28. The Bertz CT molecular complexity index is 1290. The second-order valence-corrected chi connectivity index (χ2v) is 8.69. The van der Waals surface area contributed by atoms with Crippen LogP contribution in [-0.2, 0) is 17.7 Å². The molecule has 1 unspecified atom stereocenters. The summed E-state index contributed by atoms with van der Waals surface area (Å²) in [5.74, 6) is -0.509. The van der Waals surface area contributed by atoms with E-state index in [1.807, 2.05) is 12.3 Å². The van der Waals surface area contributed by atoms with E-state index in [0.29, 0.717) is 38.3 Å². The zero-order valence-electron chi connectivity index (χ0n) is 17.9. The Balaban J connectivity index is 1.42. The van der Waals surface area contributed by atoms with Gasteiger partial charge in [0.05, 0.1) is 48.5 Å². The maximum absolute atomic E-state index is 14.3. The minimum absolute atomic E-state index is 0.0386. The lowest BCUT2D eigenvalue weighted by molar-refractivity contribution is 0.0597. The van der Waals surface area contributed by atoms with Gasteiger partial charge >= 0.3 is 0 Å². The fraction of sp³-hybridized carbons (Fsp3) is 0.280. The van der Waals surface area contributed by atoms with E-state index in [1.165, 1.54) is 10.6 Å². The Hall–Kier alpha value is -3.00. The number of aliphatic hydroxyl groups excluding tert-OH is 1. The van der Waals surface area contributed by atoms with Crippen molar-refractivity contribution in [1.82, 2.24) is 9.55 Å². The van der Waals surface area contributed by atoms with Gasteiger partial charge in [0.1, 0.15) is 5.82 Å². The number of aliphatic hydroxyl groups is 1. The Kier molecular flexibility index (Phi) is 6.01. The zero-order valence-corrected chi connectivity index (χ0v) is 18.6. The second kappa shape index (κ2) is 9.09. The normalized spacial score (nSPS) is 18.1. The summed E-state index contributed by atoms with van der Waals surface area (Å²) in [6, 6.07) is 10.3. The highest BCUT2D eigenvalue weighted by molar-refractivity contribution is 6.30. The van der Waals surface area contributed by atoms with Crippen molar-refractivity contribution < 1.29 is 14.2 Å². The lowest BCUT2D eigenvalue weighted by Crippen LogP contribution is -2.32. The highest BCUT2D eigenvalue weighted by Crippen LogP contribution is 2.33. The van der Waals surface area contributed by atoms with Crippen LogP contribution in [0.15, 0.2) is 59.7 Å². The van der Waals surface area contributed by atoms with Gasteiger partial charge < -0.3 is 19.3 Å². The molecule has 6 nitrogen and oxygen atoms in total. The first-order chi connectivity index (χ1) is 16.0. The van der Waals surface area contributed by atoms with E-state index in [-0.39, 0.29) is 17.1 Å². The SMILES string of the molecule is O=c1cc(C2=CCc3ncc(N4CCOCC(O)C4)cc32)ccn1Cc1cccc(Cl)c1F. The van der Waals surface area contributed by atoms with Crippen LogP contribution in [0.3, 0.4) is 0 Å². The number of rotatable bonds is 4. The van der Waals surface area contributed by atoms with Crippen LogP contribution in [0.1, 0.15) is 22.4 Å². The number of fused-ring (bicyclic) bond motifs is 1. The van der Waals surface area contributed by atoms with Crippen LogP contribution in [-0.4, -0.2) is 47.1 Å². The molecule has 1 N–H and O–H groups in total. The molecule has 1 aliphatic heterocycles. The molecule has 2 aliphatic rings. The first-order valence-electron chi connectivity index (χ1n) is 10.8. The summed E-state index contributed by atoms with van der Waals surface area (Å²) >= 11 is 5.86. The van der Waals surface area contributed by atoms with Crippen molar-refractivity contribution in [3.63, 3.8) is 0 Å². The summed E-state index contributed by atoms with van der Waals surface area (Å²) in [5, 5.41) is 10.1. The van der Waals surface area contributed by atoms with Gasteiger partial charge in [0.2, 0.25) is 0 Å². The molecule has 0 radical (unpaired) electrons. The largest absolute Gasteiger partial charge is 0.389 e. The van der Waals surface area contributed by atoms with E-state index >= 15 is 0 Å². The molecule has 0 saturated carbocycles. The van der Waals surface area contributed by atoms with E-state index in [9.17, 15) is 14.3 Å². The number of allylic oxidation sites excluding steroid dienone is 1. The van der Waals surface area contributed by atoms with Gasteiger partial charge in [0.15, 0.2) is 0 Å². The van der Waals surface area contributed by atoms with Crippen LogP contribution in [0.2, 0.25) is 5.02 Å². The van der Waals surface area contributed by atoms with Gasteiger partial charge in [-0.3, -0.25) is 9.78 Å². The minimum Gasteiger partial charge on any atom is -0.389 e. The number of hydrogen-bond donors (Lipinski definition) is 1. The molecule has 5 rings (SSSR count). The van der Waals surface area contributed by atoms with Gasteiger partial charge in [-0.05, 0) is 29.3 Å². The number of aromatic nitrogens is 2. The summed E-state index contributed by atoms with van der Waals surface area (Å²) in [6.45, 7) is 2.13. The van der Waals surface area contributed by atoms with Gasteiger partial charge in [0, 0.05) is 42.9 Å². The molecule has 33 heavy (non-hydrogen) atoms. The number of β-amino-alcohol motifs (C(OH)–C–C–N with tert-alkyl or cyclic N) is 1. The summed E-state index contributed by atoms with van der Waals surface area (Å²) in [4.78, 5) is 19.5. The number of ether oxygens (including phenoxy) is 1. The molecule has 8 heteroatoms. The van der Waals surface area contributed by atoms with Crippen LogP contribution >= 0.6 is 11.6 Å². The van der Waals surface area contributed by atoms with E-state index < -0.39 is 11.9 Å². The maximum atomic E-state index is 14.3. The molecule has 3 aromatic rings. The standard InChI is InChI=1S/C25H23ClFN3O3/c26-22-3-1-2-17(25(22)27)13-30-7-6-16(10-24(30)32)20-4-5-23-21(20)11-18(12-28-23)29-8-9-33-15-19(31)14-29/h1-4,6-7,10-12,19,31H,5,8-9,13-15H2. The number of benzene rings is 1. The van der Waals surface area contributed by atoms with Crippen LogP contribution in [0, 0.1) is 5.82 Å². The van der Waals surface area contributed by atoms with Crippen molar-refractivity contribution in [1.29, 1.82) is 0 Å². The molecule has 1 atom stereocenters. The molecule has 1 aromatic carbocycles. The molecule has 0 amide bonds.